The number of carbonyl (C=O) groups excluding carboxylic acids is 1. The molecule has 1 aromatic rings. The van der Waals surface area contributed by atoms with Crippen molar-refractivity contribution < 1.29 is 14.7 Å². The smallest absolute Gasteiger partial charge is 0.303 e. The van der Waals surface area contributed by atoms with E-state index in [9.17, 15) is 9.59 Å². The fourth-order valence-corrected chi connectivity index (χ4v) is 2.76. The molecule has 1 aromatic carbocycles. The fraction of sp³-hybridized carbons (Fsp3) is 0.421. The Kier molecular flexibility index (Phi) is 7.49. The molecule has 0 spiro atoms. The van der Waals surface area contributed by atoms with Gasteiger partial charge in [-0.3, -0.25) is 9.59 Å². The van der Waals surface area contributed by atoms with Crippen LogP contribution in [0.4, 0.5) is 11.4 Å². The Morgan fingerprint density at radius 2 is 1.88 bits per heavy atom. The van der Waals surface area contributed by atoms with Crippen LogP contribution < -0.4 is 15.5 Å². The van der Waals surface area contributed by atoms with E-state index in [0.717, 1.165) is 18.8 Å². The number of piperidine rings is 1. The van der Waals surface area contributed by atoms with Crippen molar-refractivity contribution in [2.24, 2.45) is 0 Å². The maximum Gasteiger partial charge on any atom is 0.303 e. The summed E-state index contributed by atoms with van der Waals surface area (Å²) in [7, 11) is 0. The molecule has 7 nitrogen and oxygen atoms in total. The number of carbonyl (C=O) groups is 2. The van der Waals surface area contributed by atoms with Gasteiger partial charge in [0.1, 0.15) is 11.6 Å². The molecule has 7 heteroatoms. The maximum absolute atomic E-state index is 11.9. The van der Waals surface area contributed by atoms with Gasteiger partial charge in [-0.15, -0.1) is 0 Å². The van der Waals surface area contributed by atoms with Crippen LogP contribution in [-0.4, -0.2) is 36.6 Å². The quantitative estimate of drug-likeness (QED) is 0.375. The van der Waals surface area contributed by atoms with Gasteiger partial charge in [-0.05, 0) is 49.9 Å². The van der Waals surface area contributed by atoms with E-state index in [-0.39, 0.29) is 18.5 Å². The molecule has 2 rings (SSSR count). The van der Waals surface area contributed by atoms with Crippen molar-refractivity contribution in [2.75, 3.05) is 29.9 Å². The highest BCUT2D eigenvalue weighted by Crippen LogP contribution is 2.21. The third-order valence-electron chi connectivity index (χ3n) is 4.19. The molecular formula is C19H24N4O3. The first-order valence-electron chi connectivity index (χ1n) is 8.82. The minimum absolute atomic E-state index is 0.0203. The van der Waals surface area contributed by atoms with E-state index in [0.29, 0.717) is 6.42 Å². The Morgan fingerprint density at radius 3 is 2.50 bits per heavy atom. The summed E-state index contributed by atoms with van der Waals surface area (Å²) >= 11 is 0. The number of carboxylic acid groups (broad SMARTS) is 1. The number of anilines is 2. The van der Waals surface area contributed by atoms with E-state index < -0.39 is 11.9 Å². The topological polar surface area (TPSA) is 105 Å². The minimum atomic E-state index is -0.912. The van der Waals surface area contributed by atoms with Crippen LogP contribution in [0.25, 0.3) is 0 Å². The van der Waals surface area contributed by atoms with Crippen molar-refractivity contribution in [2.45, 2.75) is 32.1 Å². The van der Waals surface area contributed by atoms with Gasteiger partial charge in [-0.25, -0.2) is 0 Å². The number of aliphatic carboxylic acids is 1. The number of rotatable bonds is 8. The summed E-state index contributed by atoms with van der Waals surface area (Å²) in [6.07, 6.45) is 5.39. The van der Waals surface area contributed by atoms with E-state index in [1.807, 2.05) is 30.3 Å². The van der Waals surface area contributed by atoms with Crippen LogP contribution in [0.15, 0.2) is 36.0 Å². The molecular weight excluding hydrogens is 332 g/mol. The maximum atomic E-state index is 11.9. The van der Waals surface area contributed by atoms with Crippen LogP contribution in [0, 0.1) is 11.3 Å². The van der Waals surface area contributed by atoms with E-state index in [1.54, 1.807) is 0 Å². The first kappa shape index (κ1) is 19.3. The summed E-state index contributed by atoms with van der Waals surface area (Å²) in [5.74, 6) is -1.43. The normalized spacial score (nSPS) is 14.4. The second kappa shape index (κ2) is 10.1. The molecule has 3 N–H and O–H groups in total. The van der Waals surface area contributed by atoms with Gasteiger partial charge in [0, 0.05) is 43.6 Å². The third kappa shape index (κ3) is 6.13. The molecule has 0 radical (unpaired) electrons. The molecule has 0 bridgehead atoms. The number of carboxylic acids is 1. The zero-order valence-electron chi connectivity index (χ0n) is 14.7. The molecule has 26 heavy (non-hydrogen) atoms. The van der Waals surface area contributed by atoms with Gasteiger partial charge in [0.15, 0.2) is 0 Å². The van der Waals surface area contributed by atoms with Crippen LogP contribution in [-0.2, 0) is 9.59 Å². The Hall–Kier alpha value is -3.01. The van der Waals surface area contributed by atoms with Crippen molar-refractivity contribution in [3.05, 3.63) is 36.0 Å². The van der Waals surface area contributed by atoms with E-state index in [1.165, 1.54) is 31.1 Å². The molecule has 1 aliphatic rings. The first-order valence-corrected chi connectivity index (χ1v) is 8.82. The van der Waals surface area contributed by atoms with Crippen LogP contribution in [0.5, 0.6) is 0 Å². The van der Waals surface area contributed by atoms with Crippen LogP contribution in [0.1, 0.15) is 32.1 Å². The first-order chi connectivity index (χ1) is 12.6. The fourth-order valence-electron chi connectivity index (χ4n) is 2.76. The molecule has 1 heterocycles. The van der Waals surface area contributed by atoms with Crippen molar-refractivity contribution >= 4 is 23.3 Å². The predicted octanol–water partition coefficient (Wildman–Crippen LogP) is 2.48. The van der Waals surface area contributed by atoms with Crippen molar-refractivity contribution in [1.82, 2.24) is 5.32 Å². The largest absolute Gasteiger partial charge is 0.481 e. The monoisotopic (exact) mass is 356 g/mol. The molecule has 1 fully saturated rings. The Labute approximate surface area is 153 Å². The summed E-state index contributed by atoms with van der Waals surface area (Å²) in [6, 6.07) is 9.74. The van der Waals surface area contributed by atoms with Crippen LogP contribution >= 0.6 is 0 Å². The number of nitriles is 1. The molecule has 1 saturated heterocycles. The number of nitrogens with zero attached hydrogens (tertiary/aromatic N) is 2. The van der Waals surface area contributed by atoms with Gasteiger partial charge in [0.05, 0.1) is 0 Å². The van der Waals surface area contributed by atoms with E-state index in [2.05, 4.69) is 15.5 Å². The van der Waals surface area contributed by atoms with Gasteiger partial charge < -0.3 is 20.6 Å². The lowest BCUT2D eigenvalue weighted by Gasteiger charge is -2.28. The third-order valence-corrected chi connectivity index (χ3v) is 4.19. The highest BCUT2D eigenvalue weighted by atomic mass is 16.4. The molecule has 1 aliphatic heterocycles. The number of amides is 1. The van der Waals surface area contributed by atoms with Crippen LogP contribution in [0.3, 0.4) is 0 Å². The predicted molar refractivity (Wildman–Crippen MR) is 99.7 cm³/mol. The SMILES string of the molecule is N#C/C(=C/Nc1ccc(N2CCCCC2)cc1)C(=O)NCCCC(=O)O. The van der Waals surface area contributed by atoms with Gasteiger partial charge in [-0.1, -0.05) is 0 Å². The minimum Gasteiger partial charge on any atom is -0.481 e. The average Bonchev–Trinajstić information content (AvgIpc) is 2.67. The molecule has 0 saturated carbocycles. The summed E-state index contributed by atoms with van der Waals surface area (Å²) < 4.78 is 0. The second-order valence-electron chi connectivity index (χ2n) is 6.16. The van der Waals surface area contributed by atoms with Crippen LogP contribution in [0.2, 0.25) is 0 Å². The Bertz CT molecular complexity index is 686. The average molecular weight is 356 g/mol. The lowest BCUT2D eigenvalue weighted by atomic mass is 10.1. The lowest BCUT2D eigenvalue weighted by molar-refractivity contribution is -0.137. The molecule has 0 unspecified atom stereocenters. The summed E-state index contributed by atoms with van der Waals surface area (Å²) in [5, 5.41) is 23.2. The van der Waals surface area contributed by atoms with Gasteiger partial charge in [0.25, 0.3) is 5.91 Å². The summed E-state index contributed by atoms with van der Waals surface area (Å²) in [4.78, 5) is 24.7. The standard InChI is InChI=1S/C19H24N4O3/c20-13-15(19(26)21-10-4-5-18(24)25)14-22-16-6-8-17(9-7-16)23-11-2-1-3-12-23/h6-9,14,22H,1-5,10-12H2,(H,21,26)(H,24,25)/b15-14-. The zero-order chi connectivity index (χ0) is 18.8. The Balaban J connectivity index is 1.86. The Morgan fingerprint density at radius 1 is 1.19 bits per heavy atom. The number of hydrogen-bond donors (Lipinski definition) is 3. The summed E-state index contributed by atoms with van der Waals surface area (Å²) in [6.45, 7) is 2.37. The van der Waals surface area contributed by atoms with Gasteiger partial charge in [0.2, 0.25) is 0 Å². The second-order valence-corrected chi connectivity index (χ2v) is 6.16. The number of benzene rings is 1. The zero-order valence-corrected chi connectivity index (χ0v) is 14.7. The highest BCUT2D eigenvalue weighted by molar-refractivity contribution is 5.97. The van der Waals surface area contributed by atoms with Gasteiger partial charge in [-0.2, -0.15) is 5.26 Å². The molecule has 1 amide bonds. The molecule has 138 valence electrons. The van der Waals surface area contributed by atoms with Gasteiger partial charge >= 0.3 is 5.97 Å². The molecule has 0 aliphatic carbocycles. The number of hydrogen-bond acceptors (Lipinski definition) is 5. The molecule has 0 aromatic heterocycles. The van der Waals surface area contributed by atoms with E-state index >= 15 is 0 Å². The van der Waals surface area contributed by atoms with Crippen molar-refractivity contribution in [3.8, 4) is 6.07 Å². The lowest BCUT2D eigenvalue weighted by Crippen LogP contribution is -2.29. The highest BCUT2D eigenvalue weighted by Gasteiger charge is 2.11. The summed E-state index contributed by atoms with van der Waals surface area (Å²) in [5.41, 5.74) is 1.91. The number of nitrogens with one attached hydrogen (secondary N) is 2. The van der Waals surface area contributed by atoms with Crippen molar-refractivity contribution in [1.29, 1.82) is 5.26 Å². The molecule has 0 atom stereocenters. The van der Waals surface area contributed by atoms with Crippen molar-refractivity contribution in [3.63, 3.8) is 0 Å². The van der Waals surface area contributed by atoms with E-state index in [4.69, 9.17) is 10.4 Å².